The molecular formula is C21H27N3O6S. The maximum atomic E-state index is 12.8. The molecule has 0 aromatic heterocycles. The molecule has 4 rings (SSSR count). The van der Waals surface area contributed by atoms with Gasteiger partial charge < -0.3 is 9.80 Å². The molecular weight excluding hydrogens is 422 g/mol. The zero-order valence-electron chi connectivity index (χ0n) is 17.5. The fraction of sp³-hybridized carbons (Fsp3) is 0.571. The standard InChI is InChI=1S/C21H27N3O6S/c1-31(28,29)30-11-8-14-6-9-23(10-7-14)16-2-3-17-15(12-16)13-24(21(17)27)18-4-5-19(25)22-20(18)26/h2-3,12,14,18H,4-11,13H2,1H3,(H,22,25,26). The van der Waals surface area contributed by atoms with Crippen LogP contribution in [0.15, 0.2) is 18.2 Å². The minimum absolute atomic E-state index is 0.166. The largest absolute Gasteiger partial charge is 0.372 e. The average Bonchev–Trinajstić information content (AvgIpc) is 3.03. The second kappa shape index (κ2) is 8.58. The van der Waals surface area contributed by atoms with Crippen molar-refractivity contribution in [3.05, 3.63) is 29.3 Å². The third kappa shape index (κ3) is 4.90. The van der Waals surface area contributed by atoms with E-state index in [2.05, 4.69) is 10.2 Å². The van der Waals surface area contributed by atoms with E-state index < -0.39 is 22.1 Å². The number of carbonyl (C=O) groups is 3. The number of rotatable bonds is 6. The van der Waals surface area contributed by atoms with Gasteiger partial charge in [0, 0.05) is 37.3 Å². The number of anilines is 1. The first-order valence-corrected chi connectivity index (χ1v) is 12.4. The number of hydrogen-bond acceptors (Lipinski definition) is 7. The summed E-state index contributed by atoms with van der Waals surface area (Å²) in [6, 6.07) is 5.18. The normalized spacial score (nSPS) is 22.6. The number of nitrogens with one attached hydrogen (secondary N) is 1. The van der Waals surface area contributed by atoms with Crippen molar-refractivity contribution in [2.75, 3.05) is 30.9 Å². The van der Waals surface area contributed by atoms with Gasteiger partial charge in [-0.3, -0.25) is 23.9 Å². The SMILES string of the molecule is CS(=O)(=O)OCCC1CCN(c2ccc3c(c2)CN(C2CCC(=O)NC2=O)C3=O)CC1. The molecule has 1 aromatic rings. The van der Waals surface area contributed by atoms with E-state index in [4.69, 9.17) is 4.18 Å². The molecule has 168 valence electrons. The molecule has 2 saturated heterocycles. The summed E-state index contributed by atoms with van der Waals surface area (Å²) >= 11 is 0. The summed E-state index contributed by atoms with van der Waals surface area (Å²) in [6.07, 6.45) is 4.28. The first-order valence-electron chi connectivity index (χ1n) is 10.6. The van der Waals surface area contributed by atoms with Crippen molar-refractivity contribution < 1.29 is 27.0 Å². The third-order valence-electron chi connectivity index (χ3n) is 6.31. The third-order valence-corrected chi connectivity index (χ3v) is 6.91. The highest BCUT2D eigenvalue weighted by Crippen LogP contribution is 2.32. The molecule has 3 aliphatic rings. The van der Waals surface area contributed by atoms with Crippen molar-refractivity contribution in [3.63, 3.8) is 0 Å². The molecule has 10 heteroatoms. The molecule has 0 saturated carbocycles. The molecule has 0 radical (unpaired) electrons. The van der Waals surface area contributed by atoms with Crippen LogP contribution in [0, 0.1) is 5.92 Å². The van der Waals surface area contributed by atoms with E-state index in [1.165, 1.54) is 0 Å². The van der Waals surface area contributed by atoms with Crippen LogP contribution in [0.5, 0.6) is 0 Å². The lowest BCUT2D eigenvalue weighted by Crippen LogP contribution is -2.52. The number of piperidine rings is 2. The highest BCUT2D eigenvalue weighted by Gasteiger charge is 2.39. The van der Waals surface area contributed by atoms with E-state index >= 15 is 0 Å². The molecule has 3 amide bonds. The highest BCUT2D eigenvalue weighted by molar-refractivity contribution is 7.85. The Morgan fingerprint density at radius 2 is 1.87 bits per heavy atom. The number of hydrogen-bond donors (Lipinski definition) is 1. The number of carbonyl (C=O) groups excluding carboxylic acids is 3. The number of benzene rings is 1. The lowest BCUT2D eigenvalue weighted by atomic mass is 9.93. The molecule has 2 fully saturated rings. The first-order chi connectivity index (χ1) is 14.7. The second-order valence-electron chi connectivity index (χ2n) is 8.49. The van der Waals surface area contributed by atoms with Crippen LogP contribution < -0.4 is 10.2 Å². The number of imide groups is 1. The molecule has 1 N–H and O–H groups in total. The predicted octanol–water partition coefficient (Wildman–Crippen LogP) is 1.03. The molecule has 3 heterocycles. The molecule has 3 aliphatic heterocycles. The van der Waals surface area contributed by atoms with Gasteiger partial charge in [-0.05, 0) is 55.4 Å². The van der Waals surface area contributed by atoms with Crippen LogP contribution in [0.2, 0.25) is 0 Å². The van der Waals surface area contributed by atoms with E-state index in [0.29, 0.717) is 24.4 Å². The van der Waals surface area contributed by atoms with Gasteiger partial charge in [0.25, 0.3) is 16.0 Å². The van der Waals surface area contributed by atoms with Gasteiger partial charge in [0.05, 0.1) is 12.9 Å². The summed E-state index contributed by atoms with van der Waals surface area (Å²) in [6.45, 7) is 2.30. The Hall–Kier alpha value is -2.46. The van der Waals surface area contributed by atoms with Crippen molar-refractivity contribution in [1.82, 2.24) is 10.2 Å². The minimum Gasteiger partial charge on any atom is -0.372 e. The number of nitrogens with zero attached hydrogens (tertiary/aromatic N) is 2. The Morgan fingerprint density at radius 1 is 1.13 bits per heavy atom. The van der Waals surface area contributed by atoms with Gasteiger partial charge in [-0.1, -0.05) is 0 Å². The summed E-state index contributed by atoms with van der Waals surface area (Å²) in [5, 5.41) is 2.32. The Balaban J connectivity index is 1.36. The molecule has 0 bridgehead atoms. The predicted molar refractivity (Wildman–Crippen MR) is 113 cm³/mol. The molecule has 31 heavy (non-hydrogen) atoms. The maximum Gasteiger partial charge on any atom is 0.264 e. The van der Waals surface area contributed by atoms with Gasteiger partial charge in [-0.2, -0.15) is 8.42 Å². The van der Waals surface area contributed by atoms with Crippen LogP contribution in [-0.2, 0) is 30.4 Å². The summed E-state index contributed by atoms with van der Waals surface area (Å²) in [5.41, 5.74) is 2.56. The molecule has 0 aliphatic carbocycles. The highest BCUT2D eigenvalue weighted by atomic mass is 32.2. The van der Waals surface area contributed by atoms with E-state index in [1.807, 2.05) is 18.2 Å². The zero-order valence-corrected chi connectivity index (χ0v) is 18.3. The summed E-state index contributed by atoms with van der Waals surface area (Å²) in [7, 11) is -3.39. The van der Waals surface area contributed by atoms with Gasteiger partial charge in [-0.15, -0.1) is 0 Å². The van der Waals surface area contributed by atoms with Gasteiger partial charge in [0.2, 0.25) is 11.8 Å². The smallest absolute Gasteiger partial charge is 0.264 e. The van der Waals surface area contributed by atoms with Crippen molar-refractivity contribution in [2.24, 2.45) is 5.92 Å². The summed E-state index contributed by atoms with van der Waals surface area (Å²) in [4.78, 5) is 40.2. The van der Waals surface area contributed by atoms with Crippen LogP contribution >= 0.6 is 0 Å². The van der Waals surface area contributed by atoms with E-state index in [1.54, 1.807) is 4.90 Å². The van der Waals surface area contributed by atoms with Gasteiger partial charge in [-0.25, -0.2) is 0 Å². The quantitative estimate of drug-likeness (QED) is 0.510. The average molecular weight is 450 g/mol. The van der Waals surface area contributed by atoms with Gasteiger partial charge in [0.1, 0.15) is 6.04 Å². The minimum atomic E-state index is -3.39. The van der Waals surface area contributed by atoms with Crippen LogP contribution in [-0.4, -0.2) is 63.0 Å². The van der Waals surface area contributed by atoms with Crippen LogP contribution in [0.1, 0.15) is 48.0 Å². The Labute approximate surface area is 181 Å². The van der Waals surface area contributed by atoms with Gasteiger partial charge >= 0.3 is 0 Å². The van der Waals surface area contributed by atoms with Crippen molar-refractivity contribution in [1.29, 1.82) is 0 Å². The second-order valence-corrected chi connectivity index (χ2v) is 10.1. The fourth-order valence-corrected chi connectivity index (χ4v) is 5.00. The lowest BCUT2D eigenvalue weighted by Gasteiger charge is -2.33. The number of fused-ring (bicyclic) bond motifs is 1. The lowest BCUT2D eigenvalue weighted by molar-refractivity contribution is -0.136. The van der Waals surface area contributed by atoms with Crippen molar-refractivity contribution in [3.8, 4) is 0 Å². The molecule has 9 nitrogen and oxygen atoms in total. The summed E-state index contributed by atoms with van der Waals surface area (Å²) in [5.74, 6) is -0.434. The monoisotopic (exact) mass is 449 g/mol. The van der Waals surface area contributed by atoms with Crippen LogP contribution in [0.4, 0.5) is 5.69 Å². The molecule has 0 spiro atoms. The van der Waals surface area contributed by atoms with Crippen LogP contribution in [0.3, 0.4) is 0 Å². The Bertz CT molecular complexity index is 1000. The first kappa shape index (κ1) is 21.8. The molecule has 1 atom stereocenters. The van der Waals surface area contributed by atoms with Crippen LogP contribution in [0.25, 0.3) is 0 Å². The zero-order chi connectivity index (χ0) is 22.2. The van der Waals surface area contributed by atoms with Gasteiger partial charge in [0.15, 0.2) is 0 Å². The summed E-state index contributed by atoms with van der Waals surface area (Å²) < 4.78 is 27.0. The Morgan fingerprint density at radius 3 is 2.55 bits per heavy atom. The number of amides is 3. The van der Waals surface area contributed by atoms with E-state index in [-0.39, 0.29) is 24.8 Å². The van der Waals surface area contributed by atoms with E-state index in [9.17, 15) is 22.8 Å². The van der Waals surface area contributed by atoms with E-state index in [0.717, 1.165) is 49.9 Å². The molecule has 1 unspecified atom stereocenters. The van der Waals surface area contributed by atoms with Crippen molar-refractivity contribution >= 4 is 33.5 Å². The molecule has 1 aromatic carbocycles. The Kier molecular flexibility index (Phi) is 6.02. The topological polar surface area (TPSA) is 113 Å². The van der Waals surface area contributed by atoms with Crippen molar-refractivity contribution in [2.45, 2.75) is 44.7 Å². The maximum absolute atomic E-state index is 12.8. The fourth-order valence-electron chi connectivity index (χ4n) is 4.60.